The third-order valence-corrected chi connectivity index (χ3v) is 4.00. The predicted molar refractivity (Wildman–Crippen MR) is 65.9 cm³/mol. The van der Waals surface area contributed by atoms with Gasteiger partial charge in [-0.3, -0.25) is 4.79 Å². The van der Waals surface area contributed by atoms with Gasteiger partial charge >= 0.3 is 5.97 Å². The molecule has 0 amide bonds. The second-order valence-electron chi connectivity index (χ2n) is 4.55. The normalized spacial score (nSPS) is 15.1. The average Bonchev–Trinajstić information content (AvgIpc) is 2.00. The molecule has 0 rings (SSSR count). The van der Waals surface area contributed by atoms with Crippen molar-refractivity contribution in [3.8, 4) is 6.07 Å². The third-order valence-electron chi connectivity index (χ3n) is 1.66. The molecule has 0 saturated heterocycles. The Labute approximate surface area is 99.9 Å². The van der Waals surface area contributed by atoms with Crippen LogP contribution in [0.15, 0.2) is 0 Å². The van der Waals surface area contributed by atoms with Crippen molar-refractivity contribution in [1.82, 2.24) is 0 Å². The van der Waals surface area contributed by atoms with Gasteiger partial charge in [-0.1, -0.05) is 44.8 Å². The molecule has 0 aromatic rings. The Bertz CT molecular complexity index is 314. The van der Waals surface area contributed by atoms with Gasteiger partial charge in [0.1, 0.15) is 4.75 Å². The highest BCUT2D eigenvalue weighted by molar-refractivity contribution is 8.24. The molecule has 5 heteroatoms. The Kier molecular flexibility index (Phi) is 4.75. The minimum absolute atomic E-state index is 0.198. The van der Waals surface area contributed by atoms with Gasteiger partial charge in [-0.2, -0.15) is 5.26 Å². The average molecular weight is 245 g/mol. The molecule has 0 radical (unpaired) electrons. The number of thioether (sulfide) groups is 1. The Hall–Kier alpha value is -0.600. The molecule has 0 aromatic heterocycles. The van der Waals surface area contributed by atoms with Gasteiger partial charge in [-0.15, -0.1) is 0 Å². The molecule has 1 N–H and O–H groups in total. The monoisotopic (exact) mass is 245 g/mol. The first-order valence-electron chi connectivity index (χ1n) is 4.47. The molecule has 0 bridgehead atoms. The predicted octanol–water partition coefficient (Wildman–Crippen LogP) is 2.85. The number of rotatable bonds is 3. The first-order chi connectivity index (χ1) is 6.60. The standard InChI is InChI=1S/C10H15NO2S2/c1-9(2,3)8(14)15-10(4,6-11)5-7(12)13/h5H2,1-4H3,(H,12,13). The summed E-state index contributed by atoms with van der Waals surface area (Å²) in [7, 11) is 0. The molecule has 0 fully saturated rings. The highest BCUT2D eigenvalue weighted by atomic mass is 32.2. The highest BCUT2D eigenvalue weighted by Gasteiger charge is 2.33. The summed E-state index contributed by atoms with van der Waals surface area (Å²) in [6, 6.07) is 2.01. The van der Waals surface area contributed by atoms with E-state index in [1.807, 2.05) is 26.8 Å². The molecule has 1 atom stereocenters. The van der Waals surface area contributed by atoms with E-state index in [9.17, 15) is 4.79 Å². The SMILES string of the molecule is CC(C#N)(CC(=O)O)SC(=S)C(C)(C)C. The molecule has 0 aliphatic rings. The number of hydrogen-bond acceptors (Lipinski definition) is 4. The molecule has 84 valence electrons. The largest absolute Gasteiger partial charge is 0.481 e. The molecular formula is C10H15NO2S2. The van der Waals surface area contributed by atoms with Crippen LogP contribution in [0.4, 0.5) is 0 Å². The molecule has 0 heterocycles. The van der Waals surface area contributed by atoms with Gasteiger partial charge in [-0.25, -0.2) is 0 Å². The fraction of sp³-hybridized carbons (Fsp3) is 0.700. The number of carboxylic acids is 1. The zero-order valence-electron chi connectivity index (χ0n) is 9.33. The molecule has 15 heavy (non-hydrogen) atoms. The van der Waals surface area contributed by atoms with Crippen LogP contribution < -0.4 is 0 Å². The highest BCUT2D eigenvalue weighted by Crippen LogP contribution is 2.36. The number of hydrogen-bond donors (Lipinski definition) is 1. The quantitative estimate of drug-likeness (QED) is 0.775. The van der Waals surface area contributed by atoms with Crippen LogP contribution in [0.25, 0.3) is 0 Å². The number of nitriles is 1. The van der Waals surface area contributed by atoms with Gasteiger partial charge in [0, 0.05) is 5.41 Å². The van der Waals surface area contributed by atoms with Crippen molar-refractivity contribution in [2.75, 3.05) is 0 Å². The van der Waals surface area contributed by atoms with E-state index in [0.29, 0.717) is 4.20 Å². The van der Waals surface area contributed by atoms with Gasteiger partial charge in [-0.05, 0) is 6.92 Å². The summed E-state index contributed by atoms with van der Waals surface area (Å²) < 4.78 is -0.316. The summed E-state index contributed by atoms with van der Waals surface area (Å²) in [5.74, 6) is -0.983. The number of carboxylic acid groups (broad SMARTS) is 1. The van der Waals surface area contributed by atoms with E-state index >= 15 is 0 Å². The van der Waals surface area contributed by atoms with Crippen LogP contribution in [0.1, 0.15) is 34.1 Å². The minimum Gasteiger partial charge on any atom is -0.481 e. The smallest absolute Gasteiger partial charge is 0.305 e. The summed E-state index contributed by atoms with van der Waals surface area (Å²) in [4.78, 5) is 10.6. The van der Waals surface area contributed by atoms with Gasteiger partial charge in [0.25, 0.3) is 0 Å². The molecule has 1 unspecified atom stereocenters. The van der Waals surface area contributed by atoms with Crippen molar-refractivity contribution in [1.29, 1.82) is 5.26 Å². The van der Waals surface area contributed by atoms with E-state index in [1.165, 1.54) is 11.8 Å². The third kappa shape index (κ3) is 5.14. The summed E-state index contributed by atoms with van der Waals surface area (Å²) in [6.45, 7) is 7.44. The van der Waals surface area contributed by atoms with Gasteiger partial charge < -0.3 is 5.11 Å². The lowest BCUT2D eigenvalue weighted by Gasteiger charge is -2.25. The Morgan fingerprint density at radius 1 is 1.47 bits per heavy atom. The number of aliphatic carboxylic acids is 1. The van der Waals surface area contributed by atoms with E-state index in [4.69, 9.17) is 22.6 Å². The van der Waals surface area contributed by atoms with E-state index in [0.717, 1.165) is 0 Å². The molecule has 0 aliphatic heterocycles. The lowest BCUT2D eigenvalue weighted by Crippen LogP contribution is -2.27. The maximum atomic E-state index is 10.6. The molecule has 0 saturated carbocycles. The van der Waals surface area contributed by atoms with Crippen LogP contribution in [-0.2, 0) is 4.79 Å². The first-order valence-corrected chi connectivity index (χ1v) is 5.70. The maximum Gasteiger partial charge on any atom is 0.305 e. The zero-order valence-corrected chi connectivity index (χ0v) is 11.0. The molecular weight excluding hydrogens is 230 g/mol. The zero-order chi connectivity index (χ0) is 12.3. The first kappa shape index (κ1) is 14.4. The fourth-order valence-electron chi connectivity index (χ4n) is 0.745. The summed E-state index contributed by atoms with van der Waals surface area (Å²) >= 11 is 6.35. The van der Waals surface area contributed by atoms with E-state index < -0.39 is 10.7 Å². The van der Waals surface area contributed by atoms with E-state index in [1.54, 1.807) is 6.92 Å². The number of nitrogens with zero attached hydrogens (tertiary/aromatic N) is 1. The summed E-state index contributed by atoms with van der Waals surface area (Å²) in [5, 5.41) is 17.6. The number of carbonyl (C=O) groups is 1. The van der Waals surface area contributed by atoms with Crippen molar-refractivity contribution in [3.63, 3.8) is 0 Å². The van der Waals surface area contributed by atoms with Crippen LogP contribution in [0, 0.1) is 16.7 Å². The summed E-state index contributed by atoms with van der Waals surface area (Å²) in [6.07, 6.45) is -0.204. The molecule has 3 nitrogen and oxygen atoms in total. The van der Waals surface area contributed by atoms with Crippen LogP contribution >= 0.6 is 24.0 Å². The second kappa shape index (κ2) is 4.95. The molecule has 0 spiro atoms. The van der Waals surface area contributed by atoms with Crippen LogP contribution in [0.2, 0.25) is 0 Å². The Balaban J connectivity index is 4.68. The minimum atomic E-state index is -0.983. The summed E-state index contributed by atoms with van der Waals surface area (Å²) in [5.41, 5.74) is -0.198. The molecule has 0 aromatic carbocycles. The van der Waals surface area contributed by atoms with Crippen LogP contribution in [0.3, 0.4) is 0 Å². The van der Waals surface area contributed by atoms with Crippen molar-refractivity contribution in [2.45, 2.75) is 38.9 Å². The van der Waals surface area contributed by atoms with Crippen LogP contribution in [-0.4, -0.2) is 20.0 Å². The van der Waals surface area contributed by atoms with Gasteiger partial charge in [0.2, 0.25) is 0 Å². The van der Waals surface area contributed by atoms with E-state index in [2.05, 4.69) is 0 Å². The van der Waals surface area contributed by atoms with E-state index in [-0.39, 0.29) is 11.8 Å². The van der Waals surface area contributed by atoms with Crippen molar-refractivity contribution in [2.24, 2.45) is 5.41 Å². The Morgan fingerprint density at radius 3 is 2.20 bits per heavy atom. The molecule has 0 aliphatic carbocycles. The van der Waals surface area contributed by atoms with Crippen LogP contribution in [0.5, 0.6) is 0 Å². The maximum absolute atomic E-state index is 10.6. The second-order valence-corrected chi connectivity index (χ2v) is 6.73. The Morgan fingerprint density at radius 2 is 1.93 bits per heavy atom. The van der Waals surface area contributed by atoms with Gasteiger partial charge in [0.05, 0.1) is 16.7 Å². The lowest BCUT2D eigenvalue weighted by atomic mass is 10.0. The lowest BCUT2D eigenvalue weighted by molar-refractivity contribution is -0.137. The van der Waals surface area contributed by atoms with Crippen molar-refractivity contribution >= 4 is 34.1 Å². The van der Waals surface area contributed by atoms with Crippen molar-refractivity contribution in [3.05, 3.63) is 0 Å². The van der Waals surface area contributed by atoms with Crippen molar-refractivity contribution < 1.29 is 9.90 Å². The van der Waals surface area contributed by atoms with Gasteiger partial charge in [0.15, 0.2) is 0 Å². The topological polar surface area (TPSA) is 61.1 Å². The number of thiocarbonyl (C=S) groups is 1. The fourth-order valence-corrected chi connectivity index (χ4v) is 2.25.